The monoisotopic (exact) mass is 376 g/mol. The molecule has 1 aliphatic rings. The number of hydrogen-bond donors (Lipinski definition) is 0. The number of rotatable bonds is 4. The Bertz CT molecular complexity index is 889. The number of nitro benzene ring substituents is 1. The molecule has 0 bridgehead atoms. The minimum atomic E-state index is -0.405. The van der Waals surface area contributed by atoms with Gasteiger partial charge < -0.3 is 4.74 Å². The van der Waals surface area contributed by atoms with Gasteiger partial charge in [0, 0.05) is 23.6 Å². The molecule has 1 aromatic heterocycles. The number of nitrogens with zero attached hydrogens (tertiary/aromatic N) is 2. The molecule has 0 spiro atoms. The zero-order valence-electron chi connectivity index (χ0n) is 12.4. The van der Waals surface area contributed by atoms with Crippen molar-refractivity contribution in [1.82, 2.24) is 4.98 Å². The van der Waals surface area contributed by atoms with Crippen molar-refractivity contribution in [2.24, 2.45) is 0 Å². The van der Waals surface area contributed by atoms with Crippen LogP contribution in [0.4, 0.5) is 5.69 Å². The van der Waals surface area contributed by atoms with Gasteiger partial charge in [0.2, 0.25) is 0 Å². The summed E-state index contributed by atoms with van der Waals surface area (Å²) in [4.78, 5) is 14.8. The minimum Gasteiger partial charge on any atom is -0.431 e. The molecule has 122 valence electrons. The van der Waals surface area contributed by atoms with Crippen molar-refractivity contribution < 1.29 is 9.66 Å². The normalized spacial score (nSPS) is 15.0. The van der Waals surface area contributed by atoms with Gasteiger partial charge in [-0.1, -0.05) is 23.5 Å². The number of thiazole rings is 1. The molecular weight excluding hydrogens is 364 g/mol. The van der Waals surface area contributed by atoms with Crippen LogP contribution in [0.3, 0.4) is 0 Å². The third-order valence-electron chi connectivity index (χ3n) is 3.54. The van der Waals surface area contributed by atoms with Crippen LogP contribution in [0, 0.1) is 10.1 Å². The number of non-ortho nitro benzene ring substituents is 1. The molecule has 4 rings (SSSR count). The molecule has 0 saturated carbocycles. The van der Waals surface area contributed by atoms with Crippen LogP contribution in [0.25, 0.3) is 10.2 Å². The number of aromatic nitrogens is 1. The lowest BCUT2D eigenvalue weighted by Crippen LogP contribution is -1.87. The molecule has 0 radical (unpaired) electrons. The summed E-state index contributed by atoms with van der Waals surface area (Å²) in [7, 11) is 0. The molecule has 3 aromatic rings. The van der Waals surface area contributed by atoms with Gasteiger partial charge in [-0.05, 0) is 23.8 Å². The highest BCUT2D eigenvalue weighted by Gasteiger charge is 2.18. The van der Waals surface area contributed by atoms with Crippen LogP contribution in [0.15, 0.2) is 42.5 Å². The minimum absolute atomic E-state index is 0.0635. The fourth-order valence-electron chi connectivity index (χ4n) is 2.39. The third-order valence-corrected chi connectivity index (χ3v) is 7.54. The highest BCUT2D eigenvalue weighted by molar-refractivity contribution is 8.19. The quantitative estimate of drug-likeness (QED) is 0.444. The van der Waals surface area contributed by atoms with Gasteiger partial charge >= 0.3 is 0 Å². The van der Waals surface area contributed by atoms with Crippen molar-refractivity contribution in [1.29, 1.82) is 0 Å². The fraction of sp³-hybridized carbons (Fsp3) is 0.188. The topological polar surface area (TPSA) is 65.3 Å². The summed E-state index contributed by atoms with van der Waals surface area (Å²) in [5.41, 5.74) is 2.07. The second kappa shape index (κ2) is 6.62. The number of ether oxygens (including phenoxy) is 1. The number of thioether (sulfide) groups is 2. The maximum absolute atomic E-state index is 10.8. The molecule has 5 nitrogen and oxygen atoms in total. The van der Waals surface area contributed by atoms with Crippen LogP contribution in [-0.4, -0.2) is 21.4 Å². The summed E-state index contributed by atoms with van der Waals surface area (Å²) in [5, 5.41) is 11.3. The Labute approximate surface area is 150 Å². The SMILES string of the molecule is O=[N+]([O-])c1ccc2nc(Oc3ccc(C4SCCS4)cc3)sc2c1. The molecule has 0 N–H and O–H groups in total. The molecule has 2 aromatic carbocycles. The van der Waals surface area contributed by atoms with Crippen LogP contribution < -0.4 is 4.74 Å². The third kappa shape index (κ3) is 3.22. The molecule has 0 atom stereocenters. The molecule has 2 heterocycles. The Morgan fingerprint density at radius 1 is 1.12 bits per heavy atom. The predicted octanol–water partition coefficient (Wildman–Crippen LogP) is 5.48. The zero-order valence-corrected chi connectivity index (χ0v) is 14.8. The van der Waals surface area contributed by atoms with Gasteiger partial charge in [0.1, 0.15) is 5.75 Å². The smallest absolute Gasteiger partial charge is 0.279 e. The van der Waals surface area contributed by atoms with Crippen molar-refractivity contribution in [2.45, 2.75) is 4.58 Å². The van der Waals surface area contributed by atoms with E-state index in [9.17, 15) is 10.1 Å². The van der Waals surface area contributed by atoms with Crippen molar-refractivity contribution in [3.05, 3.63) is 58.1 Å². The van der Waals surface area contributed by atoms with Crippen LogP contribution in [-0.2, 0) is 0 Å². The molecule has 0 aliphatic carbocycles. The van der Waals surface area contributed by atoms with Gasteiger partial charge in [-0.15, -0.1) is 23.5 Å². The van der Waals surface area contributed by atoms with E-state index in [4.69, 9.17) is 4.74 Å². The Morgan fingerprint density at radius 2 is 1.88 bits per heavy atom. The molecule has 24 heavy (non-hydrogen) atoms. The summed E-state index contributed by atoms with van der Waals surface area (Å²) < 4.78 is 7.07. The molecule has 1 fully saturated rings. The van der Waals surface area contributed by atoms with Crippen molar-refractivity contribution in [2.75, 3.05) is 11.5 Å². The maximum Gasteiger partial charge on any atom is 0.279 e. The van der Waals surface area contributed by atoms with Crippen LogP contribution >= 0.6 is 34.9 Å². The first kappa shape index (κ1) is 15.7. The second-order valence-electron chi connectivity index (χ2n) is 5.13. The number of benzene rings is 2. The molecule has 8 heteroatoms. The van der Waals surface area contributed by atoms with Crippen molar-refractivity contribution >= 4 is 50.8 Å². The van der Waals surface area contributed by atoms with E-state index in [2.05, 4.69) is 17.1 Å². The number of hydrogen-bond acceptors (Lipinski definition) is 7. The lowest BCUT2D eigenvalue weighted by molar-refractivity contribution is -0.384. The molecule has 1 aliphatic heterocycles. The summed E-state index contributed by atoms with van der Waals surface area (Å²) in [6.07, 6.45) is 0. The van der Waals surface area contributed by atoms with Crippen molar-refractivity contribution in [3.63, 3.8) is 0 Å². The Hall–Kier alpha value is -1.77. The second-order valence-corrected chi connectivity index (χ2v) is 8.85. The lowest BCUT2D eigenvalue weighted by Gasteiger charge is -2.08. The Kier molecular flexibility index (Phi) is 4.34. The molecule has 1 saturated heterocycles. The zero-order chi connectivity index (χ0) is 16.5. The van der Waals surface area contributed by atoms with Gasteiger partial charge in [-0.25, -0.2) is 4.98 Å². The maximum atomic E-state index is 10.8. The number of fused-ring (bicyclic) bond motifs is 1. The lowest BCUT2D eigenvalue weighted by atomic mass is 10.2. The highest BCUT2D eigenvalue weighted by atomic mass is 32.2. The summed E-state index contributed by atoms with van der Waals surface area (Å²) in [6, 6.07) is 12.7. The van der Waals surface area contributed by atoms with Gasteiger partial charge in [0.25, 0.3) is 10.9 Å². The van der Waals surface area contributed by atoms with Gasteiger partial charge in [-0.3, -0.25) is 10.1 Å². The van der Waals surface area contributed by atoms with E-state index in [1.54, 1.807) is 6.07 Å². The van der Waals surface area contributed by atoms with E-state index < -0.39 is 4.92 Å². The Morgan fingerprint density at radius 3 is 2.58 bits per heavy atom. The average Bonchev–Trinajstić information content (AvgIpc) is 3.24. The first-order chi connectivity index (χ1) is 11.7. The number of nitro groups is 1. The largest absolute Gasteiger partial charge is 0.431 e. The van der Waals surface area contributed by atoms with Crippen LogP contribution in [0.2, 0.25) is 0 Å². The van der Waals surface area contributed by atoms with Crippen LogP contribution in [0.5, 0.6) is 10.9 Å². The van der Waals surface area contributed by atoms with E-state index in [0.717, 1.165) is 10.4 Å². The molecule has 0 amide bonds. The molecular formula is C16H12N2O3S3. The first-order valence-electron chi connectivity index (χ1n) is 7.25. The summed E-state index contributed by atoms with van der Waals surface area (Å²) in [5.74, 6) is 3.12. The summed E-state index contributed by atoms with van der Waals surface area (Å²) >= 11 is 5.24. The fourth-order valence-corrected chi connectivity index (χ4v) is 6.12. The van der Waals surface area contributed by atoms with Gasteiger partial charge in [-0.2, -0.15) is 0 Å². The first-order valence-corrected chi connectivity index (χ1v) is 10.2. The Balaban J connectivity index is 1.54. The van der Waals surface area contributed by atoms with E-state index in [-0.39, 0.29) is 5.69 Å². The summed E-state index contributed by atoms with van der Waals surface area (Å²) in [6.45, 7) is 0. The highest BCUT2D eigenvalue weighted by Crippen LogP contribution is 2.45. The predicted molar refractivity (Wildman–Crippen MR) is 100 cm³/mol. The van der Waals surface area contributed by atoms with Gasteiger partial charge in [0.05, 0.1) is 19.7 Å². The van der Waals surface area contributed by atoms with Crippen molar-refractivity contribution in [3.8, 4) is 10.9 Å². The van der Waals surface area contributed by atoms with E-state index in [1.165, 1.54) is 40.5 Å². The standard InChI is InChI=1S/C16H12N2O3S3/c19-18(20)11-3-6-13-14(9-11)24-16(17-13)21-12-4-1-10(2-5-12)15-22-7-8-23-15/h1-6,9,15H,7-8H2. The van der Waals surface area contributed by atoms with Gasteiger partial charge in [0.15, 0.2) is 0 Å². The average molecular weight is 376 g/mol. The molecule has 0 unspecified atom stereocenters. The van der Waals surface area contributed by atoms with Crippen LogP contribution in [0.1, 0.15) is 10.1 Å². The van der Waals surface area contributed by atoms with E-state index in [1.807, 2.05) is 35.7 Å². The van der Waals surface area contributed by atoms with E-state index in [0.29, 0.717) is 15.3 Å². The van der Waals surface area contributed by atoms with E-state index >= 15 is 0 Å².